The van der Waals surface area contributed by atoms with Gasteiger partial charge >= 0.3 is 0 Å². The van der Waals surface area contributed by atoms with E-state index in [1.165, 1.54) is 33.5 Å². The van der Waals surface area contributed by atoms with Crippen LogP contribution in [-0.4, -0.2) is 50.5 Å². The molecular formula is C22H24F2N2O4S. The molecule has 1 fully saturated rings. The van der Waals surface area contributed by atoms with E-state index in [1.807, 2.05) is 13.8 Å². The van der Waals surface area contributed by atoms with E-state index in [0.717, 1.165) is 12.1 Å². The lowest BCUT2D eigenvalue weighted by Gasteiger charge is -2.34. The third-order valence-electron chi connectivity index (χ3n) is 5.59. The number of halogens is 2. The summed E-state index contributed by atoms with van der Waals surface area (Å²) in [6.45, 7) is 4.37. The summed E-state index contributed by atoms with van der Waals surface area (Å²) in [4.78, 5) is 14.5. The number of anilines is 1. The van der Waals surface area contributed by atoms with E-state index in [4.69, 9.17) is 4.74 Å². The van der Waals surface area contributed by atoms with Gasteiger partial charge in [0.25, 0.3) is 5.91 Å². The summed E-state index contributed by atoms with van der Waals surface area (Å²) >= 11 is 0. The van der Waals surface area contributed by atoms with Crippen LogP contribution in [0.3, 0.4) is 0 Å². The Hall–Kier alpha value is -2.36. The number of nitrogens with zero attached hydrogens (tertiary/aromatic N) is 2. The van der Waals surface area contributed by atoms with Gasteiger partial charge in [0.1, 0.15) is 11.6 Å². The summed E-state index contributed by atoms with van der Waals surface area (Å²) in [5.41, 5.74) is 0.631. The zero-order valence-corrected chi connectivity index (χ0v) is 18.2. The standard InChI is InChI=1S/C22H24F2N2O4S/c1-14-12-25(13-15(2)30-14)31(28,29)18-6-3-5-16(9-18)22(27)26-8-4-7-19-20(24)10-17(23)11-21(19)26/h3,5-6,9-11,14-15H,4,7-8,12-13H2,1-2H3. The smallest absolute Gasteiger partial charge is 0.258 e. The quantitative estimate of drug-likeness (QED) is 0.719. The predicted octanol–water partition coefficient (Wildman–Crippen LogP) is 3.36. The average molecular weight is 451 g/mol. The minimum absolute atomic E-state index is 0.00213. The zero-order chi connectivity index (χ0) is 22.3. The number of ether oxygens (including phenoxy) is 1. The maximum absolute atomic E-state index is 14.2. The monoisotopic (exact) mass is 450 g/mol. The van der Waals surface area contributed by atoms with Crippen LogP contribution in [0.2, 0.25) is 0 Å². The van der Waals surface area contributed by atoms with E-state index in [9.17, 15) is 22.0 Å². The van der Waals surface area contributed by atoms with Gasteiger partial charge in [0.2, 0.25) is 10.0 Å². The molecule has 0 aromatic heterocycles. The summed E-state index contributed by atoms with van der Waals surface area (Å²) in [7, 11) is -3.83. The number of hydrogen-bond acceptors (Lipinski definition) is 4. The Kier molecular flexibility index (Phi) is 5.85. The molecule has 2 atom stereocenters. The summed E-state index contributed by atoms with van der Waals surface area (Å²) < 4.78 is 61.3. The van der Waals surface area contributed by atoms with Crippen LogP contribution in [0.15, 0.2) is 41.3 Å². The van der Waals surface area contributed by atoms with Crippen LogP contribution in [0.1, 0.15) is 36.2 Å². The third kappa shape index (κ3) is 4.22. The van der Waals surface area contributed by atoms with Crippen molar-refractivity contribution in [1.82, 2.24) is 4.31 Å². The number of morpholine rings is 1. The fraction of sp³-hybridized carbons (Fsp3) is 0.409. The van der Waals surface area contributed by atoms with Gasteiger partial charge in [0.15, 0.2) is 0 Å². The molecule has 4 rings (SSSR count). The van der Waals surface area contributed by atoms with Crippen molar-refractivity contribution in [3.63, 3.8) is 0 Å². The normalized spacial score (nSPS) is 22.3. The van der Waals surface area contributed by atoms with Crippen molar-refractivity contribution in [1.29, 1.82) is 0 Å². The minimum Gasteiger partial charge on any atom is -0.373 e. The fourth-order valence-corrected chi connectivity index (χ4v) is 5.88. The van der Waals surface area contributed by atoms with Gasteiger partial charge in [-0.25, -0.2) is 17.2 Å². The molecule has 0 bridgehead atoms. The van der Waals surface area contributed by atoms with Gasteiger partial charge in [0, 0.05) is 36.8 Å². The van der Waals surface area contributed by atoms with Crippen molar-refractivity contribution in [2.75, 3.05) is 24.5 Å². The maximum atomic E-state index is 14.2. The molecule has 6 nitrogen and oxygen atoms in total. The van der Waals surface area contributed by atoms with Gasteiger partial charge in [-0.3, -0.25) is 4.79 Å². The molecule has 2 aromatic rings. The number of benzene rings is 2. The second-order valence-electron chi connectivity index (χ2n) is 8.05. The predicted molar refractivity (Wildman–Crippen MR) is 112 cm³/mol. The molecule has 0 radical (unpaired) electrons. The maximum Gasteiger partial charge on any atom is 0.258 e. The fourth-order valence-electron chi connectivity index (χ4n) is 4.25. The van der Waals surface area contributed by atoms with Gasteiger partial charge in [-0.2, -0.15) is 4.31 Å². The van der Waals surface area contributed by atoms with Crippen LogP contribution >= 0.6 is 0 Å². The van der Waals surface area contributed by atoms with Gasteiger partial charge in [-0.05, 0) is 51.0 Å². The van der Waals surface area contributed by atoms with E-state index in [1.54, 1.807) is 0 Å². The van der Waals surface area contributed by atoms with Crippen LogP contribution in [0.5, 0.6) is 0 Å². The number of rotatable bonds is 3. The zero-order valence-electron chi connectivity index (χ0n) is 17.3. The highest BCUT2D eigenvalue weighted by molar-refractivity contribution is 7.89. The van der Waals surface area contributed by atoms with E-state index in [-0.39, 0.29) is 41.4 Å². The first kappa shape index (κ1) is 21.9. The molecule has 1 amide bonds. The van der Waals surface area contributed by atoms with Crippen molar-refractivity contribution in [3.05, 3.63) is 59.2 Å². The van der Waals surface area contributed by atoms with Crippen molar-refractivity contribution in [2.45, 2.75) is 43.8 Å². The molecule has 2 aliphatic heterocycles. The number of amides is 1. The first-order valence-electron chi connectivity index (χ1n) is 10.2. The Bertz CT molecular complexity index is 1110. The number of sulfonamides is 1. The number of fused-ring (bicyclic) bond motifs is 1. The van der Waals surface area contributed by atoms with Gasteiger partial charge < -0.3 is 9.64 Å². The van der Waals surface area contributed by atoms with Crippen LogP contribution in [0.25, 0.3) is 0 Å². The highest BCUT2D eigenvalue weighted by Gasteiger charge is 2.33. The molecule has 9 heteroatoms. The lowest BCUT2D eigenvalue weighted by Crippen LogP contribution is -2.48. The molecule has 31 heavy (non-hydrogen) atoms. The second kappa shape index (κ2) is 8.29. The van der Waals surface area contributed by atoms with E-state index in [2.05, 4.69) is 0 Å². The molecule has 0 saturated carbocycles. The Labute approximate surface area is 180 Å². The molecule has 0 N–H and O–H groups in total. The molecule has 166 valence electrons. The van der Waals surface area contributed by atoms with Crippen molar-refractivity contribution < 1.29 is 26.7 Å². The van der Waals surface area contributed by atoms with Gasteiger partial charge in [-0.15, -0.1) is 0 Å². The second-order valence-corrected chi connectivity index (χ2v) is 9.99. The first-order valence-corrected chi connectivity index (χ1v) is 11.7. The Morgan fingerprint density at radius 3 is 2.52 bits per heavy atom. The summed E-state index contributed by atoms with van der Waals surface area (Å²) in [5, 5.41) is 0. The van der Waals surface area contributed by atoms with Crippen LogP contribution < -0.4 is 4.90 Å². The van der Waals surface area contributed by atoms with Gasteiger partial charge in [0.05, 0.1) is 22.8 Å². The lowest BCUT2D eigenvalue weighted by molar-refractivity contribution is -0.0440. The summed E-state index contributed by atoms with van der Waals surface area (Å²) in [6.07, 6.45) is 0.464. The van der Waals surface area contributed by atoms with E-state index >= 15 is 0 Å². The van der Waals surface area contributed by atoms with Gasteiger partial charge in [-0.1, -0.05) is 6.07 Å². The molecular weight excluding hydrogens is 426 g/mol. The van der Waals surface area contributed by atoms with E-state index < -0.39 is 27.6 Å². The molecule has 2 heterocycles. The third-order valence-corrected chi connectivity index (χ3v) is 7.41. The lowest BCUT2D eigenvalue weighted by atomic mass is 10.00. The first-order chi connectivity index (χ1) is 14.7. The molecule has 0 spiro atoms. The number of carbonyl (C=O) groups is 1. The SMILES string of the molecule is CC1CN(S(=O)(=O)c2cccc(C(=O)N3CCCc4c(F)cc(F)cc43)c2)CC(C)O1. The average Bonchev–Trinajstić information content (AvgIpc) is 2.72. The molecule has 0 aliphatic carbocycles. The summed E-state index contributed by atoms with van der Waals surface area (Å²) in [6, 6.07) is 7.74. The molecule has 2 aromatic carbocycles. The van der Waals surface area contributed by atoms with Crippen LogP contribution in [-0.2, 0) is 21.2 Å². The molecule has 1 saturated heterocycles. The minimum atomic E-state index is -3.83. The number of hydrogen-bond donors (Lipinski definition) is 0. The Morgan fingerprint density at radius 2 is 1.81 bits per heavy atom. The van der Waals surface area contributed by atoms with E-state index in [0.29, 0.717) is 24.9 Å². The van der Waals surface area contributed by atoms with Crippen molar-refractivity contribution in [3.8, 4) is 0 Å². The molecule has 2 unspecified atom stereocenters. The summed E-state index contributed by atoms with van der Waals surface area (Å²) in [5.74, 6) is -1.94. The Balaban J connectivity index is 1.66. The van der Waals surface area contributed by atoms with Crippen LogP contribution in [0, 0.1) is 11.6 Å². The highest BCUT2D eigenvalue weighted by Crippen LogP contribution is 2.32. The molecule has 2 aliphatic rings. The highest BCUT2D eigenvalue weighted by atomic mass is 32.2. The largest absolute Gasteiger partial charge is 0.373 e. The van der Waals surface area contributed by atoms with Crippen molar-refractivity contribution >= 4 is 21.6 Å². The topological polar surface area (TPSA) is 66.9 Å². The van der Waals surface area contributed by atoms with Crippen LogP contribution in [0.4, 0.5) is 14.5 Å². The Morgan fingerprint density at radius 1 is 1.10 bits per heavy atom. The van der Waals surface area contributed by atoms with Crippen molar-refractivity contribution in [2.24, 2.45) is 0 Å². The number of carbonyl (C=O) groups excluding carboxylic acids is 1.